The van der Waals surface area contributed by atoms with E-state index in [4.69, 9.17) is 11.6 Å². The van der Waals surface area contributed by atoms with Crippen LogP contribution in [-0.4, -0.2) is 54.5 Å². The van der Waals surface area contributed by atoms with Gasteiger partial charge in [0.2, 0.25) is 5.91 Å². The van der Waals surface area contributed by atoms with E-state index in [1.54, 1.807) is 24.3 Å². The van der Waals surface area contributed by atoms with Crippen LogP contribution in [0.4, 0.5) is 4.79 Å². The quantitative estimate of drug-likeness (QED) is 0.752. The highest BCUT2D eigenvalue weighted by Crippen LogP contribution is 2.32. The minimum absolute atomic E-state index is 0.0297. The first-order valence-corrected chi connectivity index (χ1v) is 10.8. The second kappa shape index (κ2) is 7.42. The van der Waals surface area contributed by atoms with E-state index in [2.05, 4.69) is 5.32 Å². The molecule has 0 bridgehead atoms. The predicted octanol–water partition coefficient (Wildman–Crippen LogP) is 1.68. The lowest BCUT2D eigenvalue weighted by Gasteiger charge is -2.15. The van der Waals surface area contributed by atoms with E-state index in [1.807, 2.05) is 0 Å². The van der Waals surface area contributed by atoms with Crippen molar-refractivity contribution in [3.05, 3.63) is 39.8 Å². The Kier molecular flexibility index (Phi) is 5.40. The lowest BCUT2D eigenvalue weighted by molar-refractivity contribution is -0.129. The van der Waals surface area contributed by atoms with Crippen molar-refractivity contribution in [3.63, 3.8) is 0 Å². The molecule has 1 unspecified atom stereocenters. The monoisotopic (exact) mass is 414 g/mol. The van der Waals surface area contributed by atoms with Crippen LogP contribution in [0.15, 0.2) is 29.2 Å². The molecule has 10 heteroatoms. The van der Waals surface area contributed by atoms with Crippen LogP contribution in [0.2, 0.25) is 5.02 Å². The molecule has 2 heterocycles. The summed E-state index contributed by atoms with van der Waals surface area (Å²) in [7, 11) is -3.12. The van der Waals surface area contributed by atoms with Gasteiger partial charge in [0.25, 0.3) is 11.1 Å². The zero-order chi connectivity index (χ0) is 18.9. The lowest BCUT2D eigenvalue weighted by atomic mass is 10.2. The van der Waals surface area contributed by atoms with Gasteiger partial charge in [-0.3, -0.25) is 19.3 Å². The van der Waals surface area contributed by atoms with Crippen LogP contribution in [0.1, 0.15) is 12.0 Å². The third kappa shape index (κ3) is 4.46. The molecule has 7 nitrogen and oxygen atoms in total. The second-order valence-corrected chi connectivity index (χ2v) is 9.65. The van der Waals surface area contributed by atoms with Crippen LogP contribution in [0, 0.1) is 0 Å². The number of hydrogen-bond acceptors (Lipinski definition) is 6. The molecule has 2 aliphatic heterocycles. The molecule has 3 rings (SSSR count). The molecule has 1 aromatic carbocycles. The number of halogens is 1. The van der Waals surface area contributed by atoms with E-state index in [0.29, 0.717) is 17.0 Å². The number of carbonyl (C=O) groups excluding carboxylic acids is 3. The van der Waals surface area contributed by atoms with E-state index in [1.165, 1.54) is 6.08 Å². The van der Waals surface area contributed by atoms with E-state index < -0.39 is 39.5 Å². The normalized spacial score (nSPS) is 23.7. The summed E-state index contributed by atoms with van der Waals surface area (Å²) in [6.45, 7) is -0.436. The summed E-state index contributed by atoms with van der Waals surface area (Å²) in [5.41, 5.74) is 0.670. The van der Waals surface area contributed by atoms with E-state index in [0.717, 1.165) is 16.7 Å². The summed E-state index contributed by atoms with van der Waals surface area (Å²) >= 11 is 6.65. The summed E-state index contributed by atoms with van der Waals surface area (Å²) < 4.78 is 22.8. The number of nitrogens with one attached hydrogen (secondary N) is 1. The molecule has 138 valence electrons. The standard InChI is InChI=1S/C16H15ClN2O5S2/c17-11-3-1-2-10(6-11)7-13-15(21)19(16(22)25-13)8-14(20)18-12-4-5-26(23,24)9-12/h1-3,6-7,12H,4-5,8-9H2,(H,18,20)/b13-7-. The topological polar surface area (TPSA) is 101 Å². The number of nitrogens with zero attached hydrogens (tertiary/aromatic N) is 1. The number of sulfone groups is 1. The number of carbonyl (C=O) groups is 3. The summed E-state index contributed by atoms with van der Waals surface area (Å²) in [6, 6.07) is 6.34. The molecule has 3 amide bonds. The Labute approximate surface area is 159 Å². The van der Waals surface area contributed by atoms with Crippen molar-refractivity contribution in [3.8, 4) is 0 Å². The number of hydrogen-bond donors (Lipinski definition) is 1. The van der Waals surface area contributed by atoms with Crippen molar-refractivity contribution in [1.82, 2.24) is 10.2 Å². The average molecular weight is 415 g/mol. The Bertz CT molecular complexity index is 913. The highest BCUT2D eigenvalue weighted by atomic mass is 35.5. The molecule has 0 radical (unpaired) electrons. The Morgan fingerprint density at radius 1 is 1.38 bits per heavy atom. The van der Waals surface area contributed by atoms with Crippen LogP contribution < -0.4 is 5.32 Å². The SMILES string of the molecule is O=C(CN1C(=O)S/C(=C\c2cccc(Cl)c2)C1=O)NC1CCS(=O)(=O)C1. The maximum atomic E-state index is 12.4. The van der Waals surface area contributed by atoms with Gasteiger partial charge < -0.3 is 5.32 Å². The van der Waals surface area contributed by atoms with Gasteiger partial charge in [-0.05, 0) is 42.0 Å². The summed E-state index contributed by atoms with van der Waals surface area (Å²) in [5, 5.41) is 2.52. The number of benzene rings is 1. The first-order chi connectivity index (χ1) is 12.2. The Morgan fingerprint density at radius 2 is 2.15 bits per heavy atom. The molecular formula is C16H15ClN2O5S2. The summed E-state index contributed by atoms with van der Waals surface area (Å²) in [6.07, 6.45) is 1.88. The molecule has 2 saturated heterocycles. The van der Waals surface area contributed by atoms with Gasteiger partial charge in [0.1, 0.15) is 6.54 Å². The molecule has 1 atom stereocenters. The Hall–Kier alpha value is -1.84. The van der Waals surface area contributed by atoms with Gasteiger partial charge >= 0.3 is 0 Å². The molecule has 1 N–H and O–H groups in total. The van der Waals surface area contributed by atoms with Crippen LogP contribution >= 0.6 is 23.4 Å². The fourth-order valence-electron chi connectivity index (χ4n) is 2.71. The Morgan fingerprint density at radius 3 is 2.81 bits per heavy atom. The van der Waals surface area contributed by atoms with Crippen molar-refractivity contribution < 1.29 is 22.8 Å². The third-order valence-electron chi connectivity index (χ3n) is 3.92. The molecular weight excluding hydrogens is 400 g/mol. The minimum atomic E-state index is -3.12. The molecule has 0 aliphatic carbocycles. The first kappa shape index (κ1) is 18.9. The van der Waals surface area contributed by atoms with Crippen molar-refractivity contribution in [2.24, 2.45) is 0 Å². The fourth-order valence-corrected chi connectivity index (χ4v) is 5.42. The number of rotatable bonds is 4. The largest absolute Gasteiger partial charge is 0.351 e. The zero-order valence-corrected chi connectivity index (χ0v) is 15.9. The van der Waals surface area contributed by atoms with Crippen molar-refractivity contribution in [2.75, 3.05) is 18.1 Å². The molecule has 2 fully saturated rings. The molecule has 26 heavy (non-hydrogen) atoms. The lowest BCUT2D eigenvalue weighted by Crippen LogP contribution is -2.43. The van der Waals surface area contributed by atoms with Crippen LogP contribution in [0.25, 0.3) is 6.08 Å². The highest BCUT2D eigenvalue weighted by molar-refractivity contribution is 8.18. The van der Waals surface area contributed by atoms with Crippen molar-refractivity contribution in [2.45, 2.75) is 12.5 Å². The summed E-state index contributed by atoms with van der Waals surface area (Å²) in [5.74, 6) is -1.20. The van der Waals surface area contributed by atoms with Crippen LogP contribution in [0.5, 0.6) is 0 Å². The van der Waals surface area contributed by atoms with E-state index in [9.17, 15) is 22.8 Å². The predicted molar refractivity (Wildman–Crippen MR) is 99.3 cm³/mol. The van der Waals surface area contributed by atoms with Gasteiger partial charge in [0.05, 0.1) is 16.4 Å². The molecule has 0 aromatic heterocycles. The average Bonchev–Trinajstić information content (AvgIpc) is 3.01. The van der Waals surface area contributed by atoms with E-state index in [-0.39, 0.29) is 16.4 Å². The van der Waals surface area contributed by atoms with Gasteiger partial charge in [-0.15, -0.1) is 0 Å². The van der Waals surface area contributed by atoms with Crippen LogP contribution in [0.3, 0.4) is 0 Å². The van der Waals surface area contributed by atoms with Gasteiger partial charge in [-0.2, -0.15) is 0 Å². The molecule has 1 aromatic rings. The van der Waals surface area contributed by atoms with Crippen molar-refractivity contribution in [1.29, 1.82) is 0 Å². The highest BCUT2D eigenvalue weighted by Gasteiger charge is 2.37. The maximum Gasteiger partial charge on any atom is 0.294 e. The second-order valence-electron chi connectivity index (χ2n) is 5.99. The molecule has 0 saturated carbocycles. The zero-order valence-electron chi connectivity index (χ0n) is 13.5. The third-order valence-corrected chi connectivity index (χ3v) is 6.83. The van der Waals surface area contributed by atoms with Gasteiger partial charge in [-0.25, -0.2) is 8.42 Å². The summed E-state index contributed by atoms with van der Waals surface area (Å²) in [4.78, 5) is 37.6. The Balaban J connectivity index is 1.65. The fraction of sp³-hybridized carbons (Fsp3) is 0.312. The van der Waals surface area contributed by atoms with Crippen LogP contribution in [-0.2, 0) is 19.4 Å². The van der Waals surface area contributed by atoms with Crippen molar-refractivity contribution >= 4 is 56.3 Å². The van der Waals surface area contributed by atoms with E-state index >= 15 is 0 Å². The molecule has 0 spiro atoms. The minimum Gasteiger partial charge on any atom is -0.351 e. The maximum absolute atomic E-state index is 12.4. The van der Waals surface area contributed by atoms with Gasteiger partial charge in [0.15, 0.2) is 9.84 Å². The number of amides is 3. The van der Waals surface area contributed by atoms with Gasteiger partial charge in [0, 0.05) is 11.1 Å². The smallest absolute Gasteiger partial charge is 0.294 e. The molecule has 2 aliphatic rings. The first-order valence-electron chi connectivity index (χ1n) is 7.74. The number of thioether (sulfide) groups is 1. The number of imide groups is 1. The van der Waals surface area contributed by atoms with Gasteiger partial charge in [-0.1, -0.05) is 23.7 Å².